The lowest BCUT2D eigenvalue weighted by Gasteiger charge is -2.20. The monoisotopic (exact) mass is 540 g/mol. The molecule has 1 atom stereocenters. The molecule has 0 bridgehead atoms. The molecule has 0 fully saturated rings. The van der Waals surface area contributed by atoms with Crippen molar-refractivity contribution in [3.8, 4) is 11.5 Å². The lowest BCUT2D eigenvalue weighted by atomic mass is 10.1. The van der Waals surface area contributed by atoms with Crippen molar-refractivity contribution in [1.82, 2.24) is 4.72 Å². The number of carbonyl (C=O) groups excluding carboxylic acids is 1. The number of halogens is 2. The highest BCUT2D eigenvalue weighted by molar-refractivity contribution is 7.89. The van der Waals surface area contributed by atoms with Gasteiger partial charge in [0.15, 0.2) is 5.75 Å². The van der Waals surface area contributed by atoms with Gasteiger partial charge in [-0.25, -0.2) is 8.42 Å². The normalized spacial score (nSPS) is 12.1. The molecule has 2 N–H and O–H groups in total. The van der Waals surface area contributed by atoms with Gasteiger partial charge in [0.2, 0.25) is 15.9 Å². The molecule has 9 heteroatoms. The van der Waals surface area contributed by atoms with Gasteiger partial charge in [-0.1, -0.05) is 71.7 Å². The largest absolute Gasteiger partial charge is 0.455 e. The van der Waals surface area contributed by atoms with Gasteiger partial charge in [-0.2, -0.15) is 4.72 Å². The SMILES string of the molecule is O=C(Nc1cc(Cl)ccc1Oc1ccccc1)[C@H](Cc1ccccc1)NS(=O)(=O)c1ccc(Cl)cc1. The van der Waals surface area contributed by atoms with Gasteiger partial charge in [0.25, 0.3) is 0 Å². The van der Waals surface area contributed by atoms with Crippen LogP contribution in [0.15, 0.2) is 108 Å². The summed E-state index contributed by atoms with van der Waals surface area (Å²) in [6, 6.07) is 27.6. The van der Waals surface area contributed by atoms with Gasteiger partial charge in [0.1, 0.15) is 11.8 Å². The fourth-order valence-electron chi connectivity index (χ4n) is 3.43. The zero-order chi connectivity index (χ0) is 25.5. The highest BCUT2D eigenvalue weighted by Gasteiger charge is 2.27. The van der Waals surface area contributed by atoms with Crippen molar-refractivity contribution in [2.45, 2.75) is 17.4 Å². The van der Waals surface area contributed by atoms with E-state index in [2.05, 4.69) is 10.0 Å². The van der Waals surface area contributed by atoms with Crippen LogP contribution in [0.4, 0.5) is 5.69 Å². The van der Waals surface area contributed by atoms with Crippen LogP contribution in [0, 0.1) is 0 Å². The van der Waals surface area contributed by atoms with Gasteiger partial charge in [-0.3, -0.25) is 4.79 Å². The number of sulfonamides is 1. The molecule has 0 aliphatic heterocycles. The van der Waals surface area contributed by atoms with Gasteiger partial charge < -0.3 is 10.1 Å². The summed E-state index contributed by atoms with van der Waals surface area (Å²) in [6.07, 6.45) is 0.120. The van der Waals surface area contributed by atoms with E-state index in [4.69, 9.17) is 27.9 Å². The number of rotatable bonds is 9. The Balaban J connectivity index is 1.62. The van der Waals surface area contributed by atoms with Crippen molar-refractivity contribution < 1.29 is 17.9 Å². The van der Waals surface area contributed by atoms with Gasteiger partial charge >= 0.3 is 0 Å². The van der Waals surface area contributed by atoms with E-state index in [1.807, 2.05) is 48.5 Å². The van der Waals surface area contributed by atoms with Crippen molar-refractivity contribution in [1.29, 1.82) is 0 Å². The summed E-state index contributed by atoms with van der Waals surface area (Å²) < 4.78 is 34.6. The number of hydrogen-bond acceptors (Lipinski definition) is 4. The van der Waals surface area contributed by atoms with E-state index in [1.165, 1.54) is 24.3 Å². The average molecular weight is 541 g/mol. The Morgan fingerprint density at radius 1 is 0.806 bits per heavy atom. The molecule has 1 amide bonds. The summed E-state index contributed by atoms with van der Waals surface area (Å²) in [7, 11) is -4.03. The summed E-state index contributed by atoms with van der Waals surface area (Å²) in [6.45, 7) is 0. The summed E-state index contributed by atoms with van der Waals surface area (Å²) in [5.41, 5.74) is 1.09. The molecule has 0 saturated carbocycles. The van der Waals surface area contributed by atoms with Crippen LogP contribution in [0.2, 0.25) is 10.0 Å². The van der Waals surface area contributed by atoms with Crippen molar-refractivity contribution in [2.75, 3.05) is 5.32 Å². The summed E-state index contributed by atoms with van der Waals surface area (Å²) in [4.78, 5) is 13.4. The first-order chi connectivity index (χ1) is 17.3. The molecule has 0 saturated heterocycles. The molecule has 4 aromatic rings. The van der Waals surface area contributed by atoms with Crippen molar-refractivity contribution in [2.24, 2.45) is 0 Å². The van der Waals surface area contributed by atoms with Crippen LogP contribution in [0.5, 0.6) is 11.5 Å². The number of benzene rings is 4. The molecule has 0 aliphatic rings. The standard InChI is InChI=1S/C27H22Cl2N2O4S/c28-20-11-14-23(15-12-20)36(33,34)31-25(17-19-7-3-1-4-8-19)27(32)30-24-18-21(29)13-16-26(24)35-22-9-5-2-6-10-22/h1-16,18,25,31H,17H2,(H,30,32)/t25-/m0/s1. The van der Waals surface area contributed by atoms with Gasteiger partial charge in [-0.05, 0) is 66.6 Å². The molecule has 184 valence electrons. The lowest BCUT2D eigenvalue weighted by molar-refractivity contribution is -0.117. The predicted molar refractivity (Wildman–Crippen MR) is 142 cm³/mol. The Hall–Kier alpha value is -3.36. The van der Waals surface area contributed by atoms with Crippen molar-refractivity contribution >= 4 is 44.8 Å². The van der Waals surface area contributed by atoms with Crippen molar-refractivity contribution in [3.63, 3.8) is 0 Å². The zero-order valence-electron chi connectivity index (χ0n) is 18.9. The first-order valence-electron chi connectivity index (χ1n) is 11.0. The molecular formula is C27H22Cl2N2O4S. The number of carbonyl (C=O) groups is 1. The number of amides is 1. The quantitative estimate of drug-likeness (QED) is 0.260. The van der Waals surface area contributed by atoms with Gasteiger partial charge in [0.05, 0.1) is 10.6 Å². The Bertz CT molecular complexity index is 1430. The van der Waals surface area contributed by atoms with Crippen LogP contribution in [-0.2, 0) is 21.2 Å². The molecule has 0 radical (unpaired) electrons. The molecule has 0 aromatic heterocycles. The topological polar surface area (TPSA) is 84.5 Å². The molecular weight excluding hydrogens is 519 g/mol. The van der Waals surface area contributed by atoms with E-state index in [9.17, 15) is 13.2 Å². The Labute approximate surface area is 219 Å². The summed E-state index contributed by atoms with van der Waals surface area (Å²) >= 11 is 12.1. The molecule has 0 heterocycles. The van der Waals surface area contributed by atoms with E-state index < -0.39 is 22.0 Å². The highest BCUT2D eigenvalue weighted by Crippen LogP contribution is 2.32. The number of hydrogen-bond donors (Lipinski definition) is 2. The van der Waals surface area contributed by atoms with E-state index in [0.29, 0.717) is 27.2 Å². The minimum absolute atomic E-state index is 0.00591. The molecule has 0 aliphatic carbocycles. The van der Waals surface area contributed by atoms with Crippen LogP contribution < -0.4 is 14.8 Å². The van der Waals surface area contributed by atoms with Crippen LogP contribution in [0.25, 0.3) is 0 Å². The van der Waals surface area contributed by atoms with Gasteiger partial charge in [0, 0.05) is 10.0 Å². The summed E-state index contributed by atoms with van der Waals surface area (Å²) in [5, 5.41) is 3.56. The maximum atomic E-state index is 13.4. The summed E-state index contributed by atoms with van der Waals surface area (Å²) in [5.74, 6) is 0.356. The van der Waals surface area contributed by atoms with Crippen LogP contribution in [0.1, 0.15) is 5.56 Å². The molecule has 36 heavy (non-hydrogen) atoms. The fraction of sp³-hybridized carbons (Fsp3) is 0.0741. The number of anilines is 1. The van der Waals surface area contributed by atoms with Crippen molar-refractivity contribution in [3.05, 3.63) is 119 Å². The Kier molecular flexibility index (Phi) is 8.28. The lowest BCUT2D eigenvalue weighted by Crippen LogP contribution is -2.45. The maximum Gasteiger partial charge on any atom is 0.243 e. The second-order valence-electron chi connectivity index (χ2n) is 7.86. The minimum Gasteiger partial charge on any atom is -0.455 e. The Morgan fingerprint density at radius 3 is 2.08 bits per heavy atom. The predicted octanol–water partition coefficient (Wildman–Crippen LogP) is 6.31. The third-order valence-corrected chi connectivity index (χ3v) is 7.17. The van der Waals surface area contributed by atoms with E-state index in [0.717, 1.165) is 5.56 Å². The molecule has 4 aromatic carbocycles. The Morgan fingerprint density at radius 2 is 1.42 bits per heavy atom. The highest BCUT2D eigenvalue weighted by atomic mass is 35.5. The second kappa shape index (κ2) is 11.6. The van der Waals surface area contributed by atoms with E-state index >= 15 is 0 Å². The van der Waals surface area contributed by atoms with E-state index in [1.54, 1.807) is 30.3 Å². The second-order valence-corrected chi connectivity index (χ2v) is 10.4. The number of ether oxygens (including phenoxy) is 1. The zero-order valence-corrected chi connectivity index (χ0v) is 21.2. The molecule has 0 spiro atoms. The van der Waals surface area contributed by atoms with E-state index in [-0.39, 0.29) is 11.3 Å². The number of nitrogens with one attached hydrogen (secondary N) is 2. The van der Waals surface area contributed by atoms with Gasteiger partial charge in [-0.15, -0.1) is 0 Å². The maximum absolute atomic E-state index is 13.4. The average Bonchev–Trinajstić information content (AvgIpc) is 2.87. The molecule has 4 rings (SSSR count). The fourth-order valence-corrected chi connectivity index (χ4v) is 4.92. The minimum atomic E-state index is -4.03. The first-order valence-corrected chi connectivity index (χ1v) is 13.2. The van der Waals surface area contributed by atoms with Crippen LogP contribution >= 0.6 is 23.2 Å². The third-order valence-electron chi connectivity index (χ3n) is 5.19. The van der Waals surface area contributed by atoms with Crippen LogP contribution in [-0.4, -0.2) is 20.4 Å². The molecule has 6 nitrogen and oxygen atoms in total. The smallest absolute Gasteiger partial charge is 0.243 e. The number of para-hydroxylation sites is 1. The third kappa shape index (κ3) is 6.86. The first kappa shape index (κ1) is 25.7. The van der Waals surface area contributed by atoms with Crippen LogP contribution in [0.3, 0.4) is 0 Å². The molecule has 0 unspecified atom stereocenters.